The van der Waals surface area contributed by atoms with Crippen molar-refractivity contribution < 1.29 is 5.11 Å². The van der Waals surface area contributed by atoms with E-state index < -0.39 is 0 Å². The zero-order valence-electron chi connectivity index (χ0n) is 11.2. The van der Waals surface area contributed by atoms with Crippen LogP contribution in [0, 0.1) is 5.92 Å². The van der Waals surface area contributed by atoms with Crippen LogP contribution in [-0.4, -0.2) is 23.1 Å². The summed E-state index contributed by atoms with van der Waals surface area (Å²) in [5.74, 6) is 1.30. The van der Waals surface area contributed by atoms with Gasteiger partial charge in [0.05, 0.1) is 0 Å². The molecule has 3 heteroatoms. The van der Waals surface area contributed by atoms with Gasteiger partial charge in [-0.25, -0.2) is 0 Å². The molecule has 18 heavy (non-hydrogen) atoms. The van der Waals surface area contributed by atoms with Gasteiger partial charge in [-0.15, -0.1) is 0 Å². The van der Waals surface area contributed by atoms with Gasteiger partial charge in [0, 0.05) is 16.1 Å². The molecule has 1 heterocycles. The molecule has 1 N–H and O–H groups in total. The fourth-order valence-electron chi connectivity index (χ4n) is 2.81. The molecule has 0 amide bonds. The molecule has 0 radical (unpaired) electrons. The minimum Gasteiger partial charge on any atom is -0.508 e. The van der Waals surface area contributed by atoms with Gasteiger partial charge in [-0.05, 0) is 57.0 Å². The third-order valence-corrected chi connectivity index (χ3v) is 4.71. The first-order chi connectivity index (χ1) is 8.61. The molecular weight excluding hydrogens is 290 g/mol. The van der Waals surface area contributed by atoms with Gasteiger partial charge in [0.15, 0.2) is 0 Å². The van der Waals surface area contributed by atoms with E-state index in [0.717, 1.165) is 29.0 Å². The molecule has 0 bridgehead atoms. The molecule has 100 valence electrons. The number of rotatable bonds is 3. The van der Waals surface area contributed by atoms with Crippen molar-refractivity contribution in [2.24, 2.45) is 5.92 Å². The van der Waals surface area contributed by atoms with Gasteiger partial charge in [-0.2, -0.15) is 0 Å². The maximum atomic E-state index is 9.99. The number of nitrogens with zero attached hydrogens (tertiary/aromatic N) is 1. The van der Waals surface area contributed by atoms with Crippen molar-refractivity contribution in [2.45, 2.75) is 39.2 Å². The van der Waals surface area contributed by atoms with E-state index in [9.17, 15) is 5.11 Å². The number of benzene rings is 1. The first-order valence-corrected chi connectivity index (χ1v) is 7.63. The molecule has 1 aromatic rings. The molecule has 0 aliphatic carbocycles. The van der Waals surface area contributed by atoms with E-state index in [-0.39, 0.29) is 0 Å². The Bertz CT molecular complexity index is 399. The third-order valence-electron chi connectivity index (χ3n) is 4.21. The SMILES string of the molecule is CCC1CCN(C(C)c2cc(Br)ccc2O)CC1. The molecule has 2 rings (SSSR count). The summed E-state index contributed by atoms with van der Waals surface area (Å²) >= 11 is 3.48. The lowest BCUT2D eigenvalue weighted by atomic mass is 9.92. The normalized spacial score (nSPS) is 19.9. The van der Waals surface area contributed by atoms with Crippen LogP contribution < -0.4 is 0 Å². The van der Waals surface area contributed by atoms with Gasteiger partial charge in [-0.1, -0.05) is 29.3 Å². The average molecular weight is 312 g/mol. The number of halogens is 1. The van der Waals surface area contributed by atoms with Crippen LogP contribution in [0.1, 0.15) is 44.7 Å². The first kappa shape index (κ1) is 13.9. The largest absolute Gasteiger partial charge is 0.508 e. The summed E-state index contributed by atoms with van der Waals surface area (Å²) in [6.45, 7) is 6.76. The van der Waals surface area contributed by atoms with Crippen molar-refractivity contribution in [3.8, 4) is 5.75 Å². The van der Waals surface area contributed by atoms with Crippen molar-refractivity contribution in [1.82, 2.24) is 4.90 Å². The molecular formula is C15H22BrNO. The lowest BCUT2D eigenvalue weighted by molar-refractivity contribution is 0.138. The average Bonchev–Trinajstić information content (AvgIpc) is 2.41. The number of aromatic hydroxyl groups is 1. The highest BCUT2D eigenvalue weighted by Gasteiger charge is 2.24. The van der Waals surface area contributed by atoms with Gasteiger partial charge in [-0.3, -0.25) is 4.90 Å². The quantitative estimate of drug-likeness (QED) is 0.897. The molecule has 1 fully saturated rings. The maximum absolute atomic E-state index is 9.99. The predicted molar refractivity (Wildman–Crippen MR) is 78.8 cm³/mol. The number of hydrogen-bond acceptors (Lipinski definition) is 2. The highest BCUT2D eigenvalue weighted by atomic mass is 79.9. The van der Waals surface area contributed by atoms with Gasteiger partial charge in [0.25, 0.3) is 0 Å². The summed E-state index contributed by atoms with van der Waals surface area (Å²) in [6, 6.07) is 5.98. The smallest absolute Gasteiger partial charge is 0.120 e. The van der Waals surface area contributed by atoms with Crippen LogP contribution in [0.4, 0.5) is 0 Å². The summed E-state index contributed by atoms with van der Waals surface area (Å²) in [5.41, 5.74) is 1.03. The Balaban J connectivity index is 2.07. The Kier molecular flexibility index (Phi) is 4.68. The highest BCUT2D eigenvalue weighted by Crippen LogP contribution is 2.33. The second-order valence-corrected chi connectivity index (χ2v) is 6.18. The molecule has 1 aromatic carbocycles. The topological polar surface area (TPSA) is 23.5 Å². The van der Waals surface area contributed by atoms with Gasteiger partial charge < -0.3 is 5.11 Å². The van der Waals surface area contributed by atoms with Crippen LogP contribution in [0.5, 0.6) is 5.75 Å². The molecule has 1 aliphatic rings. The Morgan fingerprint density at radius 1 is 1.39 bits per heavy atom. The molecule has 0 aromatic heterocycles. The Labute approximate surface area is 118 Å². The maximum Gasteiger partial charge on any atom is 0.120 e. The van der Waals surface area contributed by atoms with Crippen LogP contribution in [0.3, 0.4) is 0 Å². The lowest BCUT2D eigenvalue weighted by Gasteiger charge is -2.36. The molecule has 0 saturated carbocycles. The molecule has 1 aliphatic heterocycles. The van der Waals surface area contributed by atoms with E-state index in [0.29, 0.717) is 11.8 Å². The van der Waals surface area contributed by atoms with E-state index in [1.165, 1.54) is 19.3 Å². The van der Waals surface area contributed by atoms with Crippen LogP contribution in [0.2, 0.25) is 0 Å². The second kappa shape index (κ2) is 6.07. The molecule has 0 spiro atoms. The van der Waals surface area contributed by atoms with E-state index in [1.54, 1.807) is 6.07 Å². The minimum atomic E-state index is 0.292. The number of hydrogen-bond donors (Lipinski definition) is 1. The second-order valence-electron chi connectivity index (χ2n) is 5.27. The third kappa shape index (κ3) is 3.07. The lowest BCUT2D eigenvalue weighted by Crippen LogP contribution is -2.35. The number of phenolic OH excluding ortho intramolecular Hbond substituents is 1. The monoisotopic (exact) mass is 311 g/mol. The number of phenols is 1. The molecule has 2 nitrogen and oxygen atoms in total. The van der Waals surface area contributed by atoms with E-state index >= 15 is 0 Å². The van der Waals surface area contributed by atoms with E-state index in [2.05, 4.69) is 34.7 Å². The predicted octanol–water partition coefficient (Wildman–Crippen LogP) is 4.34. The zero-order chi connectivity index (χ0) is 13.1. The first-order valence-electron chi connectivity index (χ1n) is 6.84. The van der Waals surface area contributed by atoms with Crippen molar-refractivity contribution >= 4 is 15.9 Å². The van der Waals surface area contributed by atoms with Gasteiger partial charge >= 0.3 is 0 Å². The summed E-state index contributed by atoms with van der Waals surface area (Å²) < 4.78 is 1.03. The fraction of sp³-hybridized carbons (Fsp3) is 0.600. The number of piperidine rings is 1. The molecule has 1 atom stereocenters. The Hall–Kier alpha value is -0.540. The van der Waals surface area contributed by atoms with Crippen LogP contribution in [-0.2, 0) is 0 Å². The highest BCUT2D eigenvalue weighted by molar-refractivity contribution is 9.10. The van der Waals surface area contributed by atoms with E-state index in [1.807, 2.05) is 12.1 Å². The Morgan fingerprint density at radius 2 is 2.06 bits per heavy atom. The van der Waals surface area contributed by atoms with Gasteiger partial charge in [0.2, 0.25) is 0 Å². The van der Waals surface area contributed by atoms with Crippen molar-refractivity contribution in [3.63, 3.8) is 0 Å². The van der Waals surface area contributed by atoms with Crippen LogP contribution in [0.25, 0.3) is 0 Å². The van der Waals surface area contributed by atoms with Gasteiger partial charge in [0.1, 0.15) is 5.75 Å². The standard InChI is InChI=1S/C15H22BrNO/c1-3-12-6-8-17(9-7-12)11(2)14-10-13(16)4-5-15(14)18/h4-5,10-12,18H,3,6-9H2,1-2H3. The van der Waals surface area contributed by atoms with Crippen molar-refractivity contribution in [1.29, 1.82) is 0 Å². The van der Waals surface area contributed by atoms with Crippen LogP contribution >= 0.6 is 15.9 Å². The zero-order valence-corrected chi connectivity index (χ0v) is 12.8. The van der Waals surface area contributed by atoms with E-state index in [4.69, 9.17) is 0 Å². The van der Waals surface area contributed by atoms with Crippen molar-refractivity contribution in [3.05, 3.63) is 28.2 Å². The minimum absolute atomic E-state index is 0.292. The van der Waals surface area contributed by atoms with Crippen LogP contribution in [0.15, 0.2) is 22.7 Å². The van der Waals surface area contributed by atoms with Crippen molar-refractivity contribution in [2.75, 3.05) is 13.1 Å². The summed E-state index contributed by atoms with van der Waals surface area (Å²) in [4.78, 5) is 2.48. The molecule has 1 unspecified atom stereocenters. The Morgan fingerprint density at radius 3 is 2.67 bits per heavy atom. The summed E-state index contributed by atoms with van der Waals surface area (Å²) in [5, 5.41) is 9.99. The fourth-order valence-corrected chi connectivity index (χ4v) is 3.18. The molecule has 1 saturated heterocycles. The summed E-state index contributed by atoms with van der Waals surface area (Å²) in [6.07, 6.45) is 3.87. The number of likely N-dealkylation sites (tertiary alicyclic amines) is 1. The summed E-state index contributed by atoms with van der Waals surface area (Å²) in [7, 11) is 0.